The van der Waals surface area contributed by atoms with E-state index in [-0.39, 0.29) is 19.1 Å². The smallest absolute Gasteiger partial charge is 0.374 e. The first kappa shape index (κ1) is 10.5. The molecule has 0 unspecified atom stereocenters. The van der Waals surface area contributed by atoms with Crippen molar-refractivity contribution in [2.24, 2.45) is 0 Å². The second kappa shape index (κ2) is 5.17. The van der Waals surface area contributed by atoms with Gasteiger partial charge in [-0.15, -0.1) is 0 Å². The van der Waals surface area contributed by atoms with Crippen LogP contribution in [-0.4, -0.2) is 30.9 Å². The summed E-state index contributed by atoms with van der Waals surface area (Å²) in [5.74, 6) is -2.49. The van der Waals surface area contributed by atoms with Crippen molar-refractivity contribution in [3.05, 3.63) is 0 Å². The van der Waals surface area contributed by atoms with Gasteiger partial charge in [0.1, 0.15) is 0 Å². The van der Waals surface area contributed by atoms with Crippen LogP contribution in [-0.2, 0) is 23.9 Å². The minimum absolute atomic E-state index is 0.116. The van der Waals surface area contributed by atoms with Gasteiger partial charge in [0.05, 0.1) is 7.11 Å². The second-order valence-corrected chi connectivity index (χ2v) is 2.00. The Kier molecular flexibility index (Phi) is 4.52. The lowest BCUT2D eigenvalue weighted by Gasteiger charge is -1.94. The van der Waals surface area contributed by atoms with Crippen LogP contribution < -0.4 is 0 Å². The summed E-state index contributed by atoms with van der Waals surface area (Å²) < 4.78 is 4.09. The van der Waals surface area contributed by atoms with Crippen LogP contribution in [0.25, 0.3) is 0 Å². The third kappa shape index (κ3) is 3.60. The number of hydrogen-bond donors (Lipinski definition) is 0. The minimum atomic E-state index is -0.992. The summed E-state index contributed by atoms with van der Waals surface area (Å²) in [6.07, 6.45) is -0.397. The normalized spacial score (nSPS) is 8.75. The molecule has 5 nitrogen and oxygen atoms in total. The fourth-order valence-electron chi connectivity index (χ4n) is 0.512. The van der Waals surface area contributed by atoms with Crippen molar-refractivity contribution in [2.75, 3.05) is 7.11 Å². The van der Waals surface area contributed by atoms with Crippen molar-refractivity contribution >= 4 is 23.8 Å². The van der Waals surface area contributed by atoms with Gasteiger partial charge in [0.2, 0.25) is 5.78 Å². The molecule has 0 N–H and O–H groups in total. The lowest BCUT2D eigenvalue weighted by molar-refractivity contribution is -0.151. The number of esters is 1. The highest BCUT2D eigenvalue weighted by atomic mass is 16.5. The highest BCUT2D eigenvalue weighted by molar-refractivity contribution is 6.35. The van der Waals surface area contributed by atoms with Crippen molar-refractivity contribution in [1.82, 2.24) is 0 Å². The van der Waals surface area contributed by atoms with Crippen LogP contribution in [0.15, 0.2) is 0 Å². The van der Waals surface area contributed by atoms with Gasteiger partial charge in [-0.25, -0.2) is 4.79 Å². The van der Waals surface area contributed by atoms with E-state index in [9.17, 15) is 19.2 Å². The Morgan fingerprint density at radius 1 is 1.25 bits per heavy atom. The summed E-state index contributed by atoms with van der Waals surface area (Å²) in [4.78, 5) is 41.2. The molecular formula is C7H8O5. The average Bonchev–Trinajstić information content (AvgIpc) is 2.11. The molecular weight excluding hydrogens is 164 g/mol. The molecule has 12 heavy (non-hydrogen) atoms. The predicted octanol–water partition coefficient (Wildman–Crippen LogP) is -0.723. The summed E-state index contributed by atoms with van der Waals surface area (Å²) >= 11 is 0. The maximum atomic E-state index is 10.7. The number of carbonyl (C=O) groups is 4. The summed E-state index contributed by atoms with van der Waals surface area (Å²) in [5.41, 5.74) is 0. The van der Waals surface area contributed by atoms with Crippen LogP contribution >= 0.6 is 0 Å². The van der Waals surface area contributed by atoms with Crippen molar-refractivity contribution < 1.29 is 23.9 Å². The van der Waals surface area contributed by atoms with Crippen molar-refractivity contribution in [1.29, 1.82) is 0 Å². The molecule has 0 saturated heterocycles. The number of Topliss-reactive ketones (excluding diaryl/α,β-unsaturated/α-hetero) is 2. The SMILES string of the molecule is COC(=O)C(=O)CCC(=O)C=O. The van der Waals surface area contributed by atoms with Gasteiger partial charge in [-0.3, -0.25) is 14.4 Å². The maximum Gasteiger partial charge on any atom is 0.374 e. The molecule has 0 aromatic heterocycles. The Bertz CT molecular complexity index is 218. The number of aldehydes is 1. The number of hydrogen-bond acceptors (Lipinski definition) is 5. The zero-order chi connectivity index (χ0) is 9.56. The third-order valence-electron chi connectivity index (χ3n) is 1.14. The zero-order valence-electron chi connectivity index (χ0n) is 6.53. The van der Waals surface area contributed by atoms with Crippen molar-refractivity contribution in [3.8, 4) is 0 Å². The Morgan fingerprint density at radius 3 is 2.25 bits per heavy atom. The van der Waals surface area contributed by atoms with E-state index >= 15 is 0 Å². The molecule has 5 heteroatoms. The molecule has 66 valence electrons. The van der Waals surface area contributed by atoms with E-state index in [0.29, 0.717) is 0 Å². The summed E-state index contributed by atoms with van der Waals surface area (Å²) in [5, 5.41) is 0. The average molecular weight is 172 g/mol. The molecule has 0 aliphatic rings. The fraction of sp³-hybridized carbons (Fsp3) is 0.429. The first-order valence-corrected chi connectivity index (χ1v) is 3.21. The third-order valence-corrected chi connectivity index (χ3v) is 1.14. The molecule has 0 aliphatic heterocycles. The molecule has 0 rings (SSSR count). The Hall–Kier alpha value is -1.52. The number of methoxy groups -OCH3 is 1. The molecule has 0 saturated carbocycles. The second-order valence-electron chi connectivity index (χ2n) is 2.00. The van der Waals surface area contributed by atoms with Gasteiger partial charge < -0.3 is 4.74 Å². The molecule has 0 atom stereocenters. The van der Waals surface area contributed by atoms with Gasteiger partial charge in [0, 0.05) is 12.8 Å². The highest BCUT2D eigenvalue weighted by Gasteiger charge is 2.14. The topological polar surface area (TPSA) is 77.5 Å². The standard InChI is InChI=1S/C7H8O5/c1-12-7(11)6(10)3-2-5(9)4-8/h4H,2-3H2,1H3. The largest absolute Gasteiger partial charge is 0.463 e. The molecule has 0 radical (unpaired) electrons. The predicted molar refractivity (Wildman–Crippen MR) is 37.3 cm³/mol. The van der Waals surface area contributed by atoms with E-state index < -0.39 is 17.5 Å². The molecule has 0 amide bonds. The van der Waals surface area contributed by atoms with Crippen molar-refractivity contribution in [3.63, 3.8) is 0 Å². The monoisotopic (exact) mass is 172 g/mol. The first-order valence-electron chi connectivity index (χ1n) is 3.21. The quantitative estimate of drug-likeness (QED) is 0.310. The van der Waals surface area contributed by atoms with Crippen LogP contribution in [0.4, 0.5) is 0 Å². The van der Waals surface area contributed by atoms with Gasteiger partial charge in [0.15, 0.2) is 12.1 Å². The van der Waals surface area contributed by atoms with E-state index in [1.807, 2.05) is 0 Å². The summed E-state index contributed by atoms with van der Waals surface area (Å²) in [7, 11) is 1.07. The van der Waals surface area contributed by atoms with E-state index in [2.05, 4.69) is 4.74 Å². The van der Waals surface area contributed by atoms with E-state index in [0.717, 1.165) is 7.11 Å². The zero-order valence-corrected chi connectivity index (χ0v) is 6.53. The fourth-order valence-corrected chi connectivity index (χ4v) is 0.512. The molecule has 0 aliphatic carbocycles. The van der Waals surface area contributed by atoms with E-state index in [1.165, 1.54) is 0 Å². The van der Waals surface area contributed by atoms with Gasteiger partial charge in [-0.1, -0.05) is 0 Å². The number of ether oxygens (including phenoxy) is 1. The summed E-state index contributed by atoms with van der Waals surface area (Å²) in [6.45, 7) is 0. The first-order chi connectivity index (χ1) is 5.61. The minimum Gasteiger partial charge on any atom is -0.463 e. The van der Waals surface area contributed by atoms with Crippen LogP contribution in [0.1, 0.15) is 12.8 Å². The molecule has 0 aromatic carbocycles. The summed E-state index contributed by atoms with van der Waals surface area (Å²) in [6, 6.07) is 0. The molecule has 0 bridgehead atoms. The van der Waals surface area contributed by atoms with Crippen LogP contribution in [0, 0.1) is 0 Å². The van der Waals surface area contributed by atoms with Gasteiger partial charge >= 0.3 is 5.97 Å². The molecule has 0 spiro atoms. The van der Waals surface area contributed by atoms with E-state index in [4.69, 9.17) is 0 Å². The number of rotatable bonds is 5. The van der Waals surface area contributed by atoms with Crippen LogP contribution in [0.3, 0.4) is 0 Å². The van der Waals surface area contributed by atoms with Crippen LogP contribution in [0.2, 0.25) is 0 Å². The highest BCUT2D eigenvalue weighted by Crippen LogP contribution is 1.92. The molecule has 0 heterocycles. The Balaban J connectivity index is 3.79. The Labute approximate surface area is 68.7 Å². The lowest BCUT2D eigenvalue weighted by Crippen LogP contribution is -2.16. The van der Waals surface area contributed by atoms with Crippen LogP contribution in [0.5, 0.6) is 0 Å². The maximum absolute atomic E-state index is 10.7. The van der Waals surface area contributed by atoms with E-state index in [1.54, 1.807) is 0 Å². The van der Waals surface area contributed by atoms with Gasteiger partial charge in [-0.05, 0) is 0 Å². The van der Waals surface area contributed by atoms with Crippen molar-refractivity contribution in [2.45, 2.75) is 12.8 Å². The Morgan fingerprint density at radius 2 is 1.83 bits per heavy atom. The number of ketones is 2. The van der Waals surface area contributed by atoms with Gasteiger partial charge in [0.25, 0.3) is 0 Å². The van der Waals surface area contributed by atoms with Gasteiger partial charge in [-0.2, -0.15) is 0 Å². The lowest BCUT2D eigenvalue weighted by atomic mass is 10.2. The molecule has 0 fully saturated rings. The number of carbonyl (C=O) groups excluding carboxylic acids is 4. The molecule has 0 aromatic rings.